The van der Waals surface area contributed by atoms with Crippen molar-refractivity contribution in [2.45, 2.75) is 69.9 Å². The van der Waals surface area contributed by atoms with E-state index in [0.717, 1.165) is 24.7 Å². The van der Waals surface area contributed by atoms with Crippen molar-refractivity contribution in [1.82, 2.24) is 5.32 Å². The largest absolute Gasteiger partial charge is 0.353 e. The second kappa shape index (κ2) is 5.20. The van der Waals surface area contributed by atoms with Crippen LogP contribution in [0.2, 0.25) is 0 Å². The van der Waals surface area contributed by atoms with Crippen LogP contribution in [0.4, 0.5) is 0 Å². The predicted molar refractivity (Wildman–Crippen MR) is 71.9 cm³/mol. The molecule has 0 spiro atoms. The molecule has 2 atom stereocenters. The normalized spacial score (nSPS) is 33.2. The molecule has 102 valence electrons. The molecule has 0 aromatic heterocycles. The van der Waals surface area contributed by atoms with Gasteiger partial charge in [-0.1, -0.05) is 19.3 Å². The standard InChI is InChI=1S/C15H26N2O/c16-13-5-3-1-2-4-12(13)15(18)17-14(10-6-7-10)11-8-9-11/h10-14H,1-9,16H2,(H,17,18). The lowest BCUT2D eigenvalue weighted by molar-refractivity contribution is -0.126. The number of hydrogen-bond donors (Lipinski definition) is 2. The first-order valence-electron chi connectivity index (χ1n) is 7.81. The van der Waals surface area contributed by atoms with E-state index in [2.05, 4.69) is 5.32 Å². The zero-order valence-electron chi connectivity index (χ0n) is 11.2. The van der Waals surface area contributed by atoms with Gasteiger partial charge in [0.05, 0.1) is 5.92 Å². The third-order valence-electron chi connectivity index (χ3n) is 4.97. The van der Waals surface area contributed by atoms with Crippen LogP contribution in [0.25, 0.3) is 0 Å². The van der Waals surface area contributed by atoms with Crippen LogP contribution in [0, 0.1) is 17.8 Å². The molecule has 0 bridgehead atoms. The first-order valence-corrected chi connectivity index (χ1v) is 7.81. The summed E-state index contributed by atoms with van der Waals surface area (Å²) < 4.78 is 0. The molecule has 0 aliphatic heterocycles. The van der Waals surface area contributed by atoms with Crippen molar-refractivity contribution in [3.63, 3.8) is 0 Å². The van der Waals surface area contributed by atoms with Crippen molar-refractivity contribution >= 4 is 5.91 Å². The third-order valence-corrected chi connectivity index (χ3v) is 4.97. The molecule has 3 rings (SSSR count). The summed E-state index contributed by atoms with van der Waals surface area (Å²) in [6, 6.07) is 0.569. The summed E-state index contributed by atoms with van der Waals surface area (Å²) in [5, 5.41) is 3.35. The van der Waals surface area contributed by atoms with E-state index >= 15 is 0 Å². The quantitative estimate of drug-likeness (QED) is 0.752. The highest BCUT2D eigenvalue weighted by Gasteiger charge is 2.43. The molecule has 3 nitrogen and oxygen atoms in total. The van der Waals surface area contributed by atoms with Gasteiger partial charge in [-0.15, -0.1) is 0 Å². The van der Waals surface area contributed by atoms with Crippen molar-refractivity contribution < 1.29 is 4.79 Å². The molecule has 0 saturated heterocycles. The van der Waals surface area contributed by atoms with Gasteiger partial charge in [0, 0.05) is 12.1 Å². The maximum absolute atomic E-state index is 12.4. The highest BCUT2D eigenvalue weighted by Crippen LogP contribution is 2.44. The summed E-state index contributed by atoms with van der Waals surface area (Å²) >= 11 is 0. The Morgan fingerprint density at radius 2 is 1.56 bits per heavy atom. The minimum absolute atomic E-state index is 0.0764. The molecule has 0 aromatic carbocycles. The van der Waals surface area contributed by atoms with Gasteiger partial charge in [-0.3, -0.25) is 4.79 Å². The SMILES string of the molecule is NC1CCCCCC1C(=O)NC(C1CC1)C1CC1. The maximum atomic E-state index is 12.4. The van der Waals surface area contributed by atoms with Gasteiger partial charge in [0.25, 0.3) is 0 Å². The van der Waals surface area contributed by atoms with Gasteiger partial charge in [0.1, 0.15) is 0 Å². The van der Waals surface area contributed by atoms with Crippen LogP contribution in [0.1, 0.15) is 57.8 Å². The Hall–Kier alpha value is -0.570. The molecule has 2 unspecified atom stereocenters. The van der Waals surface area contributed by atoms with Crippen LogP contribution in [-0.2, 0) is 4.79 Å². The van der Waals surface area contributed by atoms with Crippen molar-refractivity contribution in [3.05, 3.63) is 0 Å². The predicted octanol–water partition coefficient (Wildman–Crippen LogP) is 2.20. The van der Waals surface area contributed by atoms with Crippen molar-refractivity contribution in [3.8, 4) is 0 Å². The second-order valence-corrected chi connectivity index (χ2v) is 6.62. The first kappa shape index (κ1) is 12.5. The summed E-state index contributed by atoms with van der Waals surface area (Å²) in [6.45, 7) is 0. The fraction of sp³-hybridized carbons (Fsp3) is 0.933. The molecular formula is C15H26N2O. The van der Waals surface area contributed by atoms with Gasteiger partial charge in [-0.05, 0) is 50.4 Å². The molecule has 3 N–H and O–H groups in total. The number of nitrogens with two attached hydrogens (primary N) is 1. The molecule has 0 aromatic rings. The highest BCUT2D eigenvalue weighted by molar-refractivity contribution is 5.79. The maximum Gasteiger partial charge on any atom is 0.224 e. The average Bonchev–Trinajstić information content (AvgIpc) is 3.18. The van der Waals surface area contributed by atoms with E-state index in [1.165, 1.54) is 44.9 Å². The van der Waals surface area contributed by atoms with Crippen LogP contribution in [0.3, 0.4) is 0 Å². The Kier molecular flexibility index (Phi) is 3.60. The van der Waals surface area contributed by atoms with Gasteiger partial charge < -0.3 is 11.1 Å². The van der Waals surface area contributed by atoms with Gasteiger partial charge in [-0.25, -0.2) is 0 Å². The Labute approximate surface area is 110 Å². The minimum Gasteiger partial charge on any atom is -0.353 e. The lowest BCUT2D eigenvalue weighted by Gasteiger charge is -2.25. The lowest BCUT2D eigenvalue weighted by Crippen LogP contribution is -2.46. The topological polar surface area (TPSA) is 55.1 Å². The summed E-state index contributed by atoms with van der Waals surface area (Å²) in [4.78, 5) is 12.4. The van der Waals surface area contributed by atoms with Gasteiger partial charge in [0.2, 0.25) is 5.91 Å². The van der Waals surface area contributed by atoms with E-state index in [9.17, 15) is 4.79 Å². The molecule has 3 heteroatoms. The molecule has 0 heterocycles. The molecule has 3 aliphatic carbocycles. The molecular weight excluding hydrogens is 224 g/mol. The fourth-order valence-corrected chi connectivity index (χ4v) is 3.46. The minimum atomic E-state index is 0.0764. The number of carbonyl (C=O) groups is 1. The van der Waals surface area contributed by atoms with Crippen LogP contribution in [0.15, 0.2) is 0 Å². The number of rotatable bonds is 4. The third kappa shape index (κ3) is 2.87. The van der Waals surface area contributed by atoms with E-state index < -0.39 is 0 Å². The first-order chi connectivity index (χ1) is 8.75. The van der Waals surface area contributed by atoms with Crippen LogP contribution in [-0.4, -0.2) is 18.0 Å². The monoisotopic (exact) mass is 250 g/mol. The summed E-state index contributed by atoms with van der Waals surface area (Å²) in [7, 11) is 0. The van der Waals surface area contributed by atoms with Crippen LogP contribution < -0.4 is 11.1 Å². The van der Waals surface area contributed by atoms with E-state index in [1.807, 2.05) is 0 Å². The van der Waals surface area contributed by atoms with Gasteiger partial charge in [-0.2, -0.15) is 0 Å². The van der Waals surface area contributed by atoms with E-state index in [1.54, 1.807) is 0 Å². The number of nitrogens with one attached hydrogen (secondary N) is 1. The van der Waals surface area contributed by atoms with Gasteiger partial charge in [0.15, 0.2) is 0 Å². The molecule has 3 aliphatic rings. The van der Waals surface area contributed by atoms with Crippen molar-refractivity contribution in [1.29, 1.82) is 0 Å². The molecule has 3 fully saturated rings. The zero-order valence-corrected chi connectivity index (χ0v) is 11.2. The average molecular weight is 250 g/mol. The Bertz CT molecular complexity index is 298. The van der Waals surface area contributed by atoms with E-state index in [-0.39, 0.29) is 17.9 Å². The Morgan fingerprint density at radius 1 is 0.944 bits per heavy atom. The zero-order chi connectivity index (χ0) is 12.5. The summed E-state index contributed by atoms with van der Waals surface area (Å²) in [6.07, 6.45) is 10.9. The Balaban J connectivity index is 1.58. The summed E-state index contributed by atoms with van der Waals surface area (Å²) in [5.41, 5.74) is 6.18. The van der Waals surface area contributed by atoms with Crippen LogP contribution in [0.5, 0.6) is 0 Å². The Morgan fingerprint density at radius 3 is 2.17 bits per heavy atom. The molecule has 0 radical (unpaired) electrons. The van der Waals surface area contributed by atoms with Crippen molar-refractivity contribution in [2.24, 2.45) is 23.5 Å². The second-order valence-electron chi connectivity index (χ2n) is 6.62. The fourth-order valence-electron chi connectivity index (χ4n) is 3.46. The molecule has 1 amide bonds. The van der Waals surface area contributed by atoms with Gasteiger partial charge >= 0.3 is 0 Å². The molecule has 3 saturated carbocycles. The number of hydrogen-bond acceptors (Lipinski definition) is 2. The smallest absolute Gasteiger partial charge is 0.224 e. The van der Waals surface area contributed by atoms with E-state index in [4.69, 9.17) is 5.73 Å². The number of carbonyl (C=O) groups excluding carboxylic acids is 1. The highest BCUT2D eigenvalue weighted by atomic mass is 16.2. The van der Waals surface area contributed by atoms with Crippen LogP contribution >= 0.6 is 0 Å². The van der Waals surface area contributed by atoms with Crippen molar-refractivity contribution in [2.75, 3.05) is 0 Å². The lowest BCUT2D eigenvalue weighted by atomic mass is 9.93. The summed E-state index contributed by atoms with van der Waals surface area (Å²) in [5.74, 6) is 1.90. The number of amides is 1. The molecule has 18 heavy (non-hydrogen) atoms. The van der Waals surface area contributed by atoms with E-state index in [0.29, 0.717) is 6.04 Å².